The molecule has 0 saturated heterocycles. The van der Waals surface area contributed by atoms with Crippen LogP contribution in [0.5, 0.6) is 0 Å². The summed E-state index contributed by atoms with van der Waals surface area (Å²) in [5, 5.41) is 29.8. The predicted octanol–water partition coefficient (Wildman–Crippen LogP) is 1.98. The summed E-state index contributed by atoms with van der Waals surface area (Å²) < 4.78 is 0. The van der Waals surface area contributed by atoms with Gasteiger partial charge in [0.1, 0.15) is 0 Å². The van der Waals surface area contributed by atoms with Crippen molar-refractivity contribution in [3.63, 3.8) is 0 Å². The third kappa shape index (κ3) is 59.0. The minimum Gasteiger partial charge on any atom is -0.876 e. The Morgan fingerprint density at radius 2 is 0.789 bits per heavy atom. The summed E-state index contributed by atoms with van der Waals surface area (Å²) in [4.78, 5) is 0. The molecule has 0 heterocycles. The van der Waals surface area contributed by atoms with E-state index >= 15 is 0 Å². The van der Waals surface area contributed by atoms with Crippen LogP contribution in [0.2, 0.25) is 0 Å². The van der Waals surface area contributed by atoms with Gasteiger partial charge in [0.15, 0.2) is 0 Å². The molecule has 0 saturated carbocycles. The Labute approximate surface area is 131 Å². The fraction of sp³-hybridized carbons (Fsp3) is 0.600. The van der Waals surface area contributed by atoms with Gasteiger partial charge in [-0.15, -0.1) is 37.0 Å². The normalized spacial score (nSPS) is 7.74. The van der Waals surface area contributed by atoms with Gasteiger partial charge in [0.05, 0.1) is 0 Å². The van der Waals surface area contributed by atoms with Crippen LogP contribution in [0.1, 0.15) is 59.3 Å². The van der Waals surface area contributed by atoms with E-state index in [2.05, 4.69) is 19.7 Å². The fourth-order valence-electron chi connectivity index (χ4n) is 0.837. The zero-order chi connectivity index (χ0) is 15.0. The Hall–Kier alpha value is -0.757. The van der Waals surface area contributed by atoms with Crippen molar-refractivity contribution >= 4 is 0 Å². The van der Waals surface area contributed by atoms with Gasteiger partial charge in [-0.25, -0.2) is 0 Å². The molecular formula is C15H27O3Ru. The van der Waals surface area contributed by atoms with E-state index in [4.69, 9.17) is 0 Å². The number of hydrogen-bond donors (Lipinski definition) is 0. The van der Waals surface area contributed by atoms with Crippen LogP contribution in [0.4, 0.5) is 0 Å². The van der Waals surface area contributed by atoms with Crippen LogP contribution in [0.15, 0.2) is 37.0 Å². The Morgan fingerprint density at radius 3 is 0.789 bits per heavy atom. The summed E-state index contributed by atoms with van der Waals surface area (Å²) in [5.41, 5.74) is 0. The molecule has 113 valence electrons. The quantitative estimate of drug-likeness (QED) is 0.540. The number of allylic oxidation sites excluding steroid dienone is 3. The van der Waals surface area contributed by atoms with Crippen molar-refractivity contribution in [2.75, 3.05) is 0 Å². The van der Waals surface area contributed by atoms with Crippen LogP contribution in [0.25, 0.3) is 0 Å². The summed E-state index contributed by atoms with van der Waals surface area (Å²) in [5.74, 6) is 0.118. The van der Waals surface area contributed by atoms with E-state index in [1.165, 1.54) is 0 Å². The van der Waals surface area contributed by atoms with Crippen molar-refractivity contribution in [2.24, 2.45) is 0 Å². The van der Waals surface area contributed by atoms with E-state index in [0.29, 0.717) is 19.3 Å². The van der Waals surface area contributed by atoms with Gasteiger partial charge in [0.25, 0.3) is 0 Å². The molecule has 0 bridgehead atoms. The first-order valence-electron chi connectivity index (χ1n) is 6.36. The SMILES string of the molecule is C=C([O-])CCC.C=C([O-])CCC.C=C([O-])CCC.[Ru+3]. The Kier molecular flexibility index (Phi) is 31.6. The van der Waals surface area contributed by atoms with Crippen LogP contribution in [0.3, 0.4) is 0 Å². The molecule has 0 aliphatic heterocycles. The van der Waals surface area contributed by atoms with Gasteiger partial charge in [0.2, 0.25) is 0 Å². The van der Waals surface area contributed by atoms with E-state index in [1.54, 1.807) is 0 Å². The van der Waals surface area contributed by atoms with Crippen LogP contribution in [0, 0.1) is 0 Å². The van der Waals surface area contributed by atoms with Crippen LogP contribution in [-0.2, 0) is 19.5 Å². The number of hydrogen-bond acceptors (Lipinski definition) is 3. The second-order valence-corrected chi connectivity index (χ2v) is 3.87. The van der Waals surface area contributed by atoms with Gasteiger partial charge in [-0.3, -0.25) is 0 Å². The van der Waals surface area contributed by atoms with Gasteiger partial charge in [-0.2, -0.15) is 0 Å². The van der Waals surface area contributed by atoms with Gasteiger partial charge in [0, 0.05) is 0 Å². The Bertz CT molecular complexity index is 187. The molecule has 0 unspecified atom stereocenters. The summed E-state index contributed by atoms with van der Waals surface area (Å²) in [7, 11) is 0. The molecule has 0 atom stereocenters. The molecule has 0 N–H and O–H groups in total. The van der Waals surface area contributed by atoms with Gasteiger partial charge >= 0.3 is 19.5 Å². The summed E-state index contributed by atoms with van der Waals surface area (Å²) >= 11 is 0. The topological polar surface area (TPSA) is 69.2 Å². The van der Waals surface area contributed by atoms with Crippen LogP contribution < -0.4 is 15.3 Å². The molecule has 0 spiro atoms. The molecule has 0 aromatic rings. The molecule has 0 aliphatic rings. The third-order valence-corrected chi connectivity index (χ3v) is 1.59. The van der Waals surface area contributed by atoms with Crippen molar-refractivity contribution in [3.05, 3.63) is 37.0 Å². The zero-order valence-electron chi connectivity index (χ0n) is 12.4. The summed E-state index contributed by atoms with van der Waals surface area (Å²) in [6.07, 6.45) is 4.63. The van der Waals surface area contributed by atoms with Gasteiger partial charge in [-0.1, -0.05) is 40.0 Å². The fourth-order valence-corrected chi connectivity index (χ4v) is 0.837. The Morgan fingerprint density at radius 1 is 0.632 bits per heavy atom. The van der Waals surface area contributed by atoms with Crippen molar-refractivity contribution in [2.45, 2.75) is 59.3 Å². The first-order valence-corrected chi connectivity index (χ1v) is 6.36. The average molecular weight is 356 g/mol. The van der Waals surface area contributed by atoms with Crippen LogP contribution in [-0.4, -0.2) is 0 Å². The standard InChI is InChI=1S/3C5H10O.Ru/c3*1-3-4-5(2)6;/h3*6H,2-4H2,1H3;/q;;;+3/p-3. The van der Waals surface area contributed by atoms with E-state index in [0.717, 1.165) is 19.3 Å². The molecule has 0 amide bonds. The largest absolute Gasteiger partial charge is 3.00 e. The molecule has 3 nitrogen and oxygen atoms in total. The number of rotatable bonds is 6. The molecule has 0 rings (SSSR count). The summed E-state index contributed by atoms with van der Waals surface area (Å²) in [6, 6.07) is 0. The summed E-state index contributed by atoms with van der Waals surface area (Å²) in [6.45, 7) is 15.5. The zero-order valence-corrected chi connectivity index (χ0v) is 14.2. The van der Waals surface area contributed by atoms with Gasteiger partial charge < -0.3 is 15.3 Å². The van der Waals surface area contributed by atoms with Crippen molar-refractivity contribution in [3.8, 4) is 0 Å². The maximum absolute atomic E-state index is 9.93. The average Bonchev–Trinajstić information content (AvgIpc) is 2.18. The molecule has 0 aliphatic carbocycles. The molecule has 4 heteroatoms. The monoisotopic (exact) mass is 357 g/mol. The van der Waals surface area contributed by atoms with E-state index in [1.807, 2.05) is 20.8 Å². The smallest absolute Gasteiger partial charge is 0.876 e. The maximum atomic E-state index is 9.93. The van der Waals surface area contributed by atoms with E-state index < -0.39 is 0 Å². The molecular weight excluding hydrogens is 329 g/mol. The second-order valence-electron chi connectivity index (χ2n) is 3.87. The van der Waals surface area contributed by atoms with Crippen LogP contribution >= 0.6 is 0 Å². The maximum Gasteiger partial charge on any atom is 3.00 e. The second kappa shape index (κ2) is 22.4. The molecule has 1 radical (unpaired) electrons. The minimum atomic E-state index is 0. The van der Waals surface area contributed by atoms with Crippen molar-refractivity contribution in [1.82, 2.24) is 0 Å². The molecule has 0 aromatic carbocycles. The molecule has 0 aromatic heterocycles. The molecule has 0 fully saturated rings. The third-order valence-electron chi connectivity index (χ3n) is 1.59. The Balaban J connectivity index is -0.0000000865. The first kappa shape index (κ1) is 26.7. The van der Waals surface area contributed by atoms with Crippen molar-refractivity contribution in [1.29, 1.82) is 0 Å². The minimum absolute atomic E-state index is 0. The van der Waals surface area contributed by atoms with Gasteiger partial charge in [-0.05, 0) is 19.3 Å². The predicted molar refractivity (Wildman–Crippen MR) is 72.1 cm³/mol. The first-order chi connectivity index (χ1) is 8.31. The van der Waals surface area contributed by atoms with Crippen molar-refractivity contribution < 1.29 is 34.8 Å². The molecule has 19 heavy (non-hydrogen) atoms. The van der Waals surface area contributed by atoms with E-state index in [-0.39, 0.29) is 36.8 Å². The van der Waals surface area contributed by atoms with E-state index in [9.17, 15) is 15.3 Å².